The molecule has 14 amide bonds. The number of primary amides is 3. The number of phenols is 1. The third-order valence-electron chi connectivity index (χ3n) is 16.4. The number of esters is 1. The summed E-state index contributed by atoms with van der Waals surface area (Å²) < 4.78 is 16.8. The fraction of sp³-hybridized carbons (Fsp3) is 0.646. The first-order valence-corrected chi connectivity index (χ1v) is 33.1. The van der Waals surface area contributed by atoms with E-state index in [0.29, 0.717) is 5.92 Å². The molecule has 0 bridgehead atoms. The first-order chi connectivity index (χ1) is 47.5. The van der Waals surface area contributed by atoms with Gasteiger partial charge in [-0.2, -0.15) is 0 Å². The summed E-state index contributed by atoms with van der Waals surface area (Å²) in [5.41, 5.74) is 22.8. The maximum Gasteiger partial charge on any atom is 0.328 e. The molecule has 0 radical (unpaired) electrons. The second kappa shape index (κ2) is 42.1. The topological polar surface area (TPSA) is 583 Å². The lowest BCUT2D eigenvalue weighted by Crippen LogP contribution is -2.66. The van der Waals surface area contributed by atoms with Gasteiger partial charge in [-0.1, -0.05) is 65.8 Å². The molecule has 1 fully saturated rings. The largest absolute Gasteiger partial charge is 0.508 e. The molecular formula is C65H105N15O22. The highest BCUT2D eigenvalue weighted by Gasteiger charge is 2.44. The zero-order valence-electron chi connectivity index (χ0n) is 60.0. The minimum absolute atomic E-state index is 0.00548. The highest BCUT2D eigenvalue weighted by molar-refractivity contribution is 6.01. The van der Waals surface area contributed by atoms with E-state index in [2.05, 4.69) is 47.9 Å². The van der Waals surface area contributed by atoms with Gasteiger partial charge in [-0.15, -0.1) is 0 Å². The number of aromatic hydroxyl groups is 1. The van der Waals surface area contributed by atoms with Gasteiger partial charge in [0.25, 0.3) is 0 Å². The van der Waals surface area contributed by atoms with E-state index in [4.69, 9.17) is 37.1 Å². The maximum absolute atomic E-state index is 15.0. The van der Waals surface area contributed by atoms with E-state index in [9.17, 15) is 92.3 Å². The van der Waals surface area contributed by atoms with Crippen LogP contribution in [0.3, 0.4) is 0 Å². The maximum atomic E-state index is 15.0. The molecule has 0 aliphatic carbocycles. The van der Waals surface area contributed by atoms with Gasteiger partial charge in [-0.05, 0) is 88.3 Å². The number of likely N-dealkylation sites (N-methyl/N-ethyl adjacent to an activating group) is 2. The van der Waals surface area contributed by atoms with E-state index in [1.165, 1.54) is 65.3 Å². The molecule has 1 aliphatic rings. The van der Waals surface area contributed by atoms with Gasteiger partial charge in [0.1, 0.15) is 78.4 Å². The standard InChI is InChI=1S/C65H105N15O22/c1-29(2)23-31(5)15-18-39(83)26-45(86)73-51(53(88)55(69)89)62(96)76-49(35(9)81)60(94)75-48(33(7)66)59(93)74-47(32(6)25-44(68)85)58(92)77-50-36(10)102-65(99)34(8)79(11)64(98)52(54(101-14)37-16-19-38(82)20-17-37)78-57(91)42(21-22-43(67)84)80(12)63(97)40(24-30(3)4)71-46(87)27-70-56(90)41(28-100-13)72-61(50)95/h15-20,29-36,39-42,47-54,81-83,88H,21-28,66H2,1-14H3,(H2,67,84)(H2,68,85)(H2,69,89)(H,70,90)(H,71,87)(H,72,95)(H,73,86)(H,74,93)(H,75,94)(H,76,96)(H,77,92)(H,78,91)/b18-15-/t31-,32+,33+,34+,35-,36-,39-,40+,41-,42+,47+,48+,49+,50-,51-,52-,53+,54-/m1/s1. The Bertz CT molecular complexity index is 3130. The lowest BCUT2D eigenvalue weighted by molar-refractivity contribution is -0.161. The van der Waals surface area contributed by atoms with Crippen LogP contribution in [0.15, 0.2) is 36.4 Å². The number of cyclic esters (lactones) is 1. The van der Waals surface area contributed by atoms with Crippen LogP contribution in [0.25, 0.3) is 0 Å². The normalized spacial score (nSPS) is 22.7. The number of carbonyl (C=O) groups is 15. The molecule has 37 nitrogen and oxygen atoms in total. The fourth-order valence-electron chi connectivity index (χ4n) is 10.8. The third-order valence-corrected chi connectivity index (χ3v) is 16.4. The molecule has 2 rings (SSSR count). The zero-order chi connectivity index (χ0) is 77.9. The molecule has 102 heavy (non-hydrogen) atoms. The number of ether oxygens (including phenoxy) is 3. The van der Waals surface area contributed by atoms with E-state index < -0.39 is 230 Å². The Morgan fingerprint density at radius 3 is 1.78 bits per heavy atom. The van der Waals surface area contributed by atoms with Crippen molar-refractivity contribution >= 4 is 88.7 Å². The Hall–Kier alpha value is -9.43. The van der Waals surface area contributed by atoms with Gasteiger partial charge in [-0.25, -0.2) is 4.79 Å². The molecule has 37 heteroatoms. The Morgan fingerprint density at radius 1 is 0.676 bits per heavy atom. The van der Waals surface area contributed by atoms with E-state index in [1.807, 2.05) is 20.8 Å². The molecule has 18 atom stereocenters. The van der Waals surface area contributed by atoms with Crippen LogP contribution in [0.1, 0.15) is 119 Å². The van der Waals surface area contributed by atoms with E-state index >= 15 is 0 Å². The van der Waals surface area contributed by atoms with Crippen molar-refractivity contribution < 1.29 is 107 Å². The van der Waals surface area contributed by atoms with Crippen molar-refractivity contribution in [1.82, 2.24) is 57.7 Å². The highest BCUT2D eigenvalue weighted by Crippen LogP contribution is 2.26. The number of carbonyl (C=O) groups excluding carboxylic acids is 15. The van der Waals surface area contributed by atoms with Gasteiger partial charge in [0, 0.05) is 47.2 Å². The Balaban J connectivity index is 2.82. The number of nitrogens with two attached hydrogens (primary N) is 4. The summed E-state index contributed by atoms with van der Waals surface area (Å²) in [5.74, 6) is -19.3. The van der Waals surface area contributed by atoms with E-state index in [1.54, 1.807) is 19.9 Å². The summed E-state index contributed by atoms with van der Waals surface area (Å²) in [7, 11) is 4.62. The van der Waals surface area contributed by atoms with Crippen LogP contribution in [0.5, 0.6) is 5.75 Å². The van der Waals surface area contributed by atoms with Crippen LogP contribution in [-0.2, 0) is 86.1 Å². The third kappa shape index (κ3) is 28.2. The average molecular weight is 1450 g/mol. The lowest BCUT2D eigenvalue weighted by atomic mass is 9.95. The SMILES string of the molecule is COC[C@H]1NC(=O)[C@H](NC(=O)[C@@H](NC(=O)[C@@H](NC(=O)[C@@H](NC(=O)[C@H](NC(=O)C[C@H](O)/C=C\[C@@H](C)CC(C)C)[C@H](O)C(N)=O)[C@@H](C)O)[C@H](C)N)[C@@H](C)CC(N)=O)[C@@H](C)OC(=O)[C@H](C)N(C)C(=O)[C@@H]([C@H](OC)c2ccc(O)cc2)NC(=O)[C@H](CCC(N)=O)N(C)C(=O)[C@H](CC(C)C)NC(=O)CNC1=O. The van der Waals surface area contributed by atoms with Gasteiger partial charge in [0.15, 0.2) is 6.10 Å². The monoisotopic (exact) mass is 1450 g/mol. The smallest absolute Gasteiger partial charge is 0.328 e. The number of hydrogen-bond acceptors (Lipinski definition) is 23. The fourth-order valence-corrected chi connectivity index (χ4v) is 10.8. The van der Waals surface area contributed by atoms with Crippen LogP contribution in [0.2, 0.25) is 0 Å². The van der Waals surface area contributed by atoms with Gasteiger partial charge < -0.3 is 115 Å². The van der Waals surface area contributed by atoms with Crippen molar-refractivity contribution in [2.24, 2.45) is 46.6 Å². The molecular weight excluding hydrogens is 1340 g/mol. The Labute approximate surface area is 591 Å². The van der Waals surface area contributed by atoms with Crippen LogP contribution in [-0.4, -0.2) is 251 Å². The second-order valence-corrected chi connectivity index (χ2v) is 26.3. The minimum Gasteiger partial charge on any atom is -0.508 e. The molecule has 1 aromatic rings. The number of nitrogens with one attached hydrogen (secondary N) is 9. The molecule has 21 N–H and O–H groups in total. The predicted octanol–water partition coefficient (Wildman–Crippen LogP) is -6.27. The first kappa shape index (κ1) is 88.7. The molecule has 572 valence electrons. The van der Waals surface area contributed by atoms with Crippen molar-refractivity contribution in [1.29, 1.82) is 0 Å². The van der Waals surface area contributed by atoms with Crippen LogP contribution in [0, 0.1) is 23.7 Å². The molecule has 1 saturated heterocycles. The second-order valence-electron chi connectivity index (χ2n) is 26.3. The number of aliphatic hydroxyl groups is 3. The van der Waals surface area contributed by atoms with E-state index in [0.717, 1.165) is 44.2 Å². The van der Waals surface area contributed by atoms with Crippen LogP contribution in [0.4, 0.5) is 0 Å². The number of hydrogen-bond donors (Lipinski definition) is 17. The van der Waals surface area contributed by atoms with Gasteiger partial charge in [-0.3, -0.25) is 67.1 Å². The molecule has 0 saturated carbocycles. The minimum atomic E-state index is -2.45. The highest BCUT2D eigenvalue weighted by atomic mass is 16.5. The quantitative estimate of drug-likeness (QED) is 0.0236. The number of phenolic OH excluding ortho intramolecular Hbond substituents is 1. The first-order valence-electron chi connectivity index (χ1n) is 33.1. The molecule has 0 spiro atoms. The summed E-state index contributed by atoms with van der Waals surface area (Å²) in [6, 6.07) is -15.0. The van der Waals surface area contributed by atoms with Crippen LogP contribution >= 0.6 is 0 Å². The summed E-state index contributed by atoms with van der Waals surface area (Å²) in [4.78, 5) is 210. The lowest BCUT2D eigenvalue weighted by Gasteiger charge is -2.36. The summed E-state index contributed by atoms with van der Waals surface area (Å²) >= 11 is 0. The van der Waals surface area contributed by atoms with Crippen LogP contribution < -0.4 is 70.8 Å². The molecule has 0 unspecified atom stereocenters. The van der Waals surface area contributed by atoms with E-state index in [-0.39, 0.29) is 29.6 Å². The summed E-state index contributed by atoms with van der Waals surface area (Å²) in [6.45, 7) is 13.5. The van der Waals surface area contributed by atoms with Crippen molar-refractivity contribution in [3.8, 4) is 5.75 Å². The number of rotatable bonds is 32. The van der Waals surface area contributed by atoms with Gasteiger partial charge in [0.05, 0.1) is 31.8 Å². The van der Waals surface area contributed by atoms with Crippen molar-refractivity contribution in [3.63, 3.8) is 0 Å². The van der Waals surface area contributed by atoms with Crippen molar-refractivity contribution in [3.05, 3.63) is 42.0 Å². The number of nitrogens with zero attached hydrogens (tertiary/aromatic N) is 2. The zero-order valence-corrected chi connectivity index (χ0v) is 60.0. The molecule has 0 aromatic heterocycles. The molecule has 1 aliphatic heterocycles. The Morgan fingerprint density at radius 2 is 1.25 bits per heavy atom. The summed E-state index contributed by atoms with van der Waals surface area (Å²) in [5, 5.41) is 63.1. The number of aliphatic hydroxyl groups excluding tert-OH is 3. The number of methoxy groups -OCH3 is 2. The van der Waals surface area contributed by atoms with Gasteiger partial charge in [0.2, 0.25) is 82.7 Å². The Kier molecular flexibility index (Phi) is 36.6. The number of amides is 14. The van der Waals surface area contributed by atoms with Gasteiger partial charge >= 0.3 is 5.97 Å². The van der Waals surface area contributed by atoms with Crippen molar-refractivity contribution in [2.75, 3.05) is 41.5 Å². The summed E-state index contributed by atoms with van der Waals surface area (Å²) in [6.07, 6.45) is -7.63. The molecule has 1 heterocycles. The number of allylic oxidation sites excluding steroid dienone is 1. The molecule has 1 aromatic carbocycles. The average Bonchev–Trinajstić information content (AvgIpc) is 0.815. The predicted molar refractivity (Wildman–Crippen MR) is 362 cm³/mol. The van der Waals surface area contributed by atoms with Crippen molar-refractivity contribution in [2.45, 2.75) is 205 Å². The number of benzene rings is 1.